The number of aromatic nitrogens is 2. The largest absolute Gasteiger partial charge is 0.357 e. The Morgan fingerprint density at radius 2 is 2.10 bits per heavy atom. The highest BCUT2D eigenvalue weighted by Crippen LogP contribution is 2.06. The molecule has 1 aromatic rings. The predicted molar refractivity (Wildman–Crippen MR) is 89.5 cm³/mol. The molecule has 5 heteroatoms. The molecule has 1 atom stereocenters. The molecule has 0 amide bonds. The zero-order valence-corrected chi connectivity index (χ0v) is 14.0. The van der Waals surface area contributed by atoms with Crippen molar-refractivity contribution >= 4 is 5.96 Å². The van der Waals surface area contributed by atoms with E-state index in [1.54, 1.807) is 0 Å². The lowest BCUT2D eigenvalue weighted by Gasteiger charge is -2.18. The molecule has 0 aliphatic heterocycles. The monoisotopic (exact) mass is 293 g/mol. The highest BCUT2D eigenvalue weighted by atomic mass is 15.2. The first kappa shape index (κ1) is 17.5. The fraction of sp³-hybridized carbons (Fsp3) is 0.750. The van der Waals surface area contributed by atoms with E-state index in [9.17, 15) is 0 Å². The SMILES string of the molecule is CCNC(=NCCCn1ccnc1)NC(C)CCC(C)C. The molecule has 2 N–H and O–H groups in total. The Balaban J connectivity index is 2.31. The van der Waals surface area contributed by atoms with Crippen molar-refractivity contribution in [1.82, 2.24) is 20.2 Å². The van der Waals surface area contributed by atoms with Crippen LogP contribution in [0.1, 0.15) is 47.0 Å². The molecule has 0 spiro atoms. The first-order valence-corrected chi connectivity index (χ1v) is 8.12. The van der Waals surface area contributed by atoms with E-state index in [1.807, 2.05) is 18.7 Å². The maximum Gasteiger partial charge on any atom is 0.191 e. The van der Waals surface area contributed by atoms with E-state index in [0.717, 1.165) is 37.9 Å². The second kappa shape index (κ2) is 10.2. The first-order chi connectivity index (χ1) is 10.1. The summed E-state index contributed by atoms with van der Waals surface area (Å²) in [5, 5.41) is 6.80. The van der Waals surface area contributed by atoms with Crippen molar-refractivity contribution in [3.8, 4) is 0 Å². The van der Waals surface area contributed by atoms with Crippen LogP contribution in [-0.4, -0.2) is 34.6 Å². The van der Waals surface area contributed by atoms with Crippen molar-refractivity contribution < 1.29 is 0 Å². The van der Waals surface area contributed by atoms with E-state index in [2.05, 4.69) is 52.9 Å². The molecule has 0 fully saturated rings. The third kappa shape index (κ3) is 8.38. The molecule has 1 aromatic heterocycles. The van der Waals surface area contributed by atoms with Gasteiger partial charge in [-0.25, -0.2) is 4.98 Å². The van der Waals surface area contributed by atoms with Crippen LogP contribution in [-0.2, 0) is 6.54 Å². The zero-order chi connectivity index (χ0) is 15.5. The number of aryl methyl sites for hydroxylation is 1. The van der Waals surface area contributed by atoms with E-state index >= 15 is 0 Å². The molecule has 0 aliphatic rings. The Hall–Kier alpha value is -1.52. The summed E-state index contributed by atoms with van der Waals surface area (Å²) in [6.07, 6.45) is 9.09. The standard InChI is InChI=1S/C16H31N5/c1-5-18-16(20-15(4)8-7-14(2)3)19-9-6-11-21-12-10-17-13-21/h10,12-15H,5-9,11H2,1-4H3,(H2,18,19,20). The molecule has 0 saturated heterocycles. The molecule has 0 aliphatic carbocycles. The van der Waals surface area contributed by atoms with Crippen molar-refractivity contribution in [2.75, 3.05) is 13.1 Å². The zero-order valence-electron chi connectivity index (χ0n) is 14.0. The number of guanidine groups is 1. The summed E-state index contributed by atoms with van der Waals surface area (Å²) in [5.41, 5.74) is 0. The number of imidazole rings is 1. The predicted octanol–water partition coefficient (Wildman–Crippen LogP) is 2.65. The van der Waals surface area contributed by atoms with Crippen molar-refractivity contribution in [2.24, 2.45) is 10.9 Å². The molecule has 0 saturated carbocycles. The van der Waals surface area contributed by atoms with Gasteiger partial charge in [-0.3, -0.25) is 4.99 Å². The molecule has 1 rings (SSSR count). The molecule has 1 unspecified atom stereocenters. The second-order valence-corrected chi connectivity index (χ2v) is 5.93. The van der Waals surface area contributed by atoms with Gasteiger partial charge in [-0.1, -0.05) is 13.8 Å². The molecule has 0 aromatic carbocycles. The van der Waals surface area contributed by atoms with Gasteiger partial charge in [0.05, 0.1) is 6.33 Å². The Labute approximate surface area is 129 Å². The van der Waals surface area contributed by atoms with Crippen LogP contribution in [0.25, 0.3) is 0 Å². The summed E-state index contributed by atoms with van der Waals surface area (Å²) in [4.78, 5) is 8.68. The normalized spacial score (nSPS) is 13.5. The lowest BCUT2D eigenvalue weighted by Crippen LogP contribution is -2.42. The fourth-order valence-corrected chi connectivity index (χ4v) is 2.07. The van der Waals surface area contributed by atoms with Crippen LogP contribution in [0, 0.1) is 5.92 Å². The Kier molecular flexibility index (Phi) is 8.55. The first-order valence-electron chi connectivity index (χ1n) is 8.12. The second-order valence-electron chi connectivity index (χ2n) is 5.93. The Morgan fingerprint density at radius 3 is 2.71 bits per heavy atom. The van der Waals surface area contributed by atoms with Gasteiger partial charge >= 0.3 is 0 Å². The highest BCUT2D eigenvalue weighted by molar-refractivity contribution is 5.79. The van der Waals surface area contributed by atoms with Crippen LogP contribution >= 0.6 is 0 Å². The fourth-order valence-electron chi connectivity index (χ4n) is 2.07. The number of nitrogens with zero attached hydrogens (tertiary/aromatic N) is 3. The Bertz CT molecular complexity index is 383. The number of hydrogen-bond acceptors (Lipinski definition) is 2. The van der Waals surface area contributed by atoms with Crippen LogP contribution in [0.15, 0.2) is 23.7 Å². The average molecular weight is 293 g/mol. The molecule has 1 heterocycles. The topological polar surface area (TPSA) is 54.2 Å². The summed E-state index contributed by atoms with van der Waals surface area (Å²) < 4.78 is 2.08. The van der Waals surface area contributed by atoms with E-state index in [1.165, 1.54) is 12.8 Å². The minimum atomic E-state index is 0.457. The van der Waals surface area contributed by atoms with Crippen LogP contribution < -0.4 is 10.6 Å². The lowest BCUT2D eigenvalue weighted by molar-refractivity contribution is 0.489. The minimum Gasteiger partial charge on any atom is -0.357 e. The Morgan fingerprint density at radius 1 is 1.29 bits per heavy atom. The number of nitrogens with one attached hydrogen (secondary N) is 2. The maximum absolute atomic E-state index is 4.64. The molecule has 0 bridgehead atoms. The lowest BCUT2D eigenvalue weighted by atomic mass is 10.0. The molecular formula is C16H31N5. The summed E-state index contributed by atoms with van der Waals surface area (Å²) in [6.45, 7) is 11.5. The van der Waals surface area contributed by atoms with Gasteiger partial charge in [0.25, 0.3) is 0 Å². The summed E-state index contributed by atoms with van der Waals surface area (Å²) in [7, 11) is 0. The van der Waals surface area contributed by atoms with Gasteiger partial charge in [0, 0.05) is 38.1 Å². The third-order valence-electron chi connectivity index (χ3n) is 3.31. The maximum atomic E-state index is 4.64. The highest BCUT2D eigenvalue weighted by Gasteiger charge is 2.06. The summed E-state index contributed by atoms with van der Waals surface area (Å²) >= 11 is 0. The quantitative estimate of drug-likeness (QED) is 0.418. The van der Waals surface area contributed by atoms with Crippen molar-refractivity contribution in [1.29, 1.82) is 0 Å². The van der Waals surface area contributed by atoms with E-state index in [4.69, 9.17) is 0 Å². The average Bonchev–Trinajstić information content (AvgIpc) is 2.94. The van der Waals surface area contributed by atoms with Gasteiger partial charge < -0.3 is 15.2 Å². The van der Waals surface area contributed by atoms with E-state index in [-0.39, 0.29) is 0 Å². The van der Waals surface area contributed by atoms with Crippen molar-refractivity contribution in [2.45, 2.75) is 59.5 Å². The molecule has 5 nitrogen and oxygen atoms in total. The smallest absolute Gasteiger partial charge is 0.191 e. The van der Waals surface area contributed by atoms with E-state index in [0.29, 0.717) is 6.04 Å². The number of aliphatic imine (C=N–C) groups is 1. The van der Waals surface area contributed by atoms with Crippen molar-refractivity contribution in [3.05, 3.63) is 18.7 Å². The summed E-state index contributed by atoms with van der Waals surface area (Å²) in [6, 6.07) is 0.457. The van der Waals surface area contributed by atoms with Crippen LogP contribution in [0.4, 0.5) is 0 Å². The van der Waals surface area contributed by atoms with Gasteiger partial charge in [0.2, 0.25) is 0 Å². The third-order valence-corrected chi connectivity index (χ3v) is 3.31. The van der Waals surface area contributed by atoms with Gasteiger partial charge in [0.15, 0.2) is 5.96 Å². The van der Waals surface area contributed by atoms with Crippen LogP contribution in [0.2, 0.25) is 0 Å². The van der Waals surface area contributed by atoms with Gasteiger partial charge in [-0.2, -0.15) is 0 Å². The van der Waals surface area contributed by atoms with Gasteiger partial charge in [0.1, 0.15) is 0 Å². The van der Waals surface area contributed by atoms with Gasteiger partial charge in [-0.15, -0.1) is 0 Å². The van der Waals surface area contributed by atoms with Gasteiger partial charge in [-0.05, 0) is 39.0 Å². The van der Waals surface area contributed by atoms with E-state index < -0.39 is 0 Å². The number of hydrogen-bond donors (Lipinski definition) is 2. The molecule has 0 radical (unpaired) electrons. The van der Waals surface area contributed by atoms with Crippen LogP contribution in [0.5, 0.6) is 0 Å². The van der Waals surface area contributed by atoms with Crippen molar-refractivity contribution in [3.63, 3.8) is 0 Å². The molecular weight excluding hydrogens is 262 g/mol. The number of rotatable bonds is 9. The van der Waals surface area contributed by atoms with Crippen LogP contribution in [0.3, 0.4) is 0 Å². The minimum absolute atomic E-state index is 0.457. The molecule has 21 heavy (non-hydrogen) atoms. The molecule has 120 valence electrons. The summed E-state index contributed by atoms with van der Waals surface area (Å²) in [5.74, 6) is 1.68.